The number of ether oxygens (including phenoxy) is 4. The first-order valence-electron chi connectivity index (χ1n) is 10.2. The number of hydrogen-bond acceptors (Lipinski definition) is 7. The highest BCUT2D eigenvalue weighted by atomic mass is 19.1. The van der Waals surface area contributed by atoms with E-state index in [1.54, 1.807) is 18.2 Å². The molecule has 0 bridgehead atoms. The Morgan fingerprint density at radius 2 is 2.13 bits per heavy atom. The zero-order valence-electron chi connectivity index (χ0n) is 16.7. The summed E-state index contributed by atoms with van der Waals surface area (Å²) in [7, 11) is 0. The summed E-state index contributed by atoms with van der Waals surface area (Å²) in [6, 6.07) is 6.27. The zero-order valence-corrected chi connectivity index (χ0v) is 16.7. The number of aromatic nitrogens is 1. The minimum Gasteiger partial charge on any atom is -0.479 e. The molecule has 2 aliphatic heterocycles. The molecule has 2 fully saturated rings. The van der Waals surface area contributed by atoms with E-state index < -0.39 is 11.9 Å². The molecule has 1 aromatic heterocycles. The Bertz CT molecular complexity index is 1010. The van der Waals surface area contributed by atoms with E-state index >= 15 is 0 Å². The van der Waals surface area contributed by atoms with Gasteiger partial charge in [0.1, 0.15) is 31.1 Å². The van der Waals surface area contributed by atoms with Gasteiger partial charge < -0.3 is 23.8 Å². The van der Waals surface area contributed by atoms with Crippen molar-refractivity contribution in [2.45, 2.75) is 31.5 Å². The fraction of sp³-hybridized carbons (Fsp3) is 0.409. The first-order valence-corrected chi connectivity index (χ1v) is 10.2. The standard InChI is InChI=1S/C22H21FN2O6/c23-18-8-13(7-17-16(18)2-3-19(17)26)25-6-5-20(22(25)27)31-14-1-4-21(24-9-14)29-11-15-10-28-12-30-15/h1,4,7-9,15,20H,2-3,5-6,10-12H2/t15?,20-/m1/s1. The molecule has 1 aromatic carbocycles. The van der Waals surface area contributed by atoms with Crippen LogP contribution in [0.1, 0.15) is 28.8 Å². The lowest BCUT2D eigenvalue weighted by Crippen LogP contribution is -2.32. The SMILES string of the molecule is O=C1CCc2c(F)cc(N3CC[C@@H](Oc4ccc(OCC5COCO5)nc4)C3=O)cc21. The molecular formula is C22H21FN2O6. The summed E-state index contributed by atoms with van der Waals surface area (Å²) >= 11 is 0. The molecule has 0 saturated carbocycles. The van der Waals surface area contributed by atoms with Gasteiger partial charge in [0.25, 0.3) is 5.91 Å². The number of rotatable bonds is 6. The van der Waals surface area contributed by atoms with Crippen LogP contribution in [0.3, 0.4) is 0 Å². The average molecular weight is 428 g/mol. The van der Waals surface area contributed by atoms with Gasteiger partial charge >= 0.3 is 0 Å². The minimum absolute atomic E-state index is 0.0874. The average Bonchev–Trinajstić information content (AvgIpc) is 3.50. The topological polar surface area (TPSA) is 87.2 Å². The highest BCUT2D eigenvalue weighted by molar-refractivity contribution is 6.04. The van der Waals surface area contributed by atoms with Crippen molar-refractivity contribution < 1.29 is 32.9 Å². The van der Waals surface area contributed by atoms with E-state index in [1.807, 2.05) is 0 Å². The van der Waals surface area contributed by atoms with Crippen molar-refractivity contribution in [3.8, 4) is 11.6 Å². The van der Waals surface area contributed by atoms with Crippen LogP contribution in [0.2, 0.25) is 0 Å². The van der Waals surface area contributed by atoms with Crippen LogP contribution in [0.4, 0.5) is 10.1 Å². The second-order valence-electron chi connectivity index (χ2n) is 7.68. The van der Waals surface area contributed by atoms with E-state index in [0.29, 0.717) is 67.5 Å². The Hall–Kier alpha value is -3.04. The molecule has 8 nitrogen and oxygen atoms in total. The molecule has 31 heavy (non-hydrogen) atoms. The summed E-state index contributed by atoms with van der Waals surface area (Å²) in [6.07, 6.45) is 1.84. The second-order valence-corrected chi connectivity index (χ2v) is 7.68. The van der Waals surface area contributed by atoms with Crippen LogP contribution in [0.5, 0.6) is 11.6 Å². The molecule has 2 aromatic rings. The van der Waals surface area contributed by atoms with E-state index in [1.165, 1.54) is 17.2 Å². The van der Waals surface area contributed by atoms with Crippen molar-refractivity contribution in [1.82, 2.24) is 4.98 Å². The molecule has 1 unspecified atom stereocenters. The van der Waals surface area contributed by atoms with Crippen LogP contribution in [-0.4, -0.2) is 55.4 Å². The maximum atomic E-state index is 14.4. The lowest BCUT2D eigenvalue weighted by molar-refractivity contribution is -0.122. The largest absolute Gasteiger partial charge is 0.479 e. The van der Waals surface area contributed by atoms with Gasteiger partial charge in [-0.1, -0.05) is 0 Å². The number of Topliss-reactive ketones (excluding diaryl/α,β-unsaturated/α-hetero) is 1. The number of ketones is 1. The van der Waals surface area contributed by atoms with Crippen molar-refractivity contribution >= 4 is 17.4 Å². The molecule has 3 aliphatic rings. The molecule has 0 radical (unpaired) electrons. The van der Waals surface area contributed by atoms with Crippen molar-refractivity contribution in [3.63, 3.8) is 0 Å². The summed E-state index contributed by atoms with van der Waals surface area (Å²) in [6.45, 7) is 1.48. The van der Waals surface area contributed by atoms with Crippen molar-refractivity contribution in [1.29, 1.82) is 0 Å². The number of hydrogen-bond donors (Lipinski definition) is 0. The van der Waals surface area contributed by atoms with Crippen LogP contribution in [-0.2, 0) is 20.7 Å². The third kappa shape index (κ3) is 3.98. The quantitative estimate of drug-likeness (QED) is 0.698. The summed E-state index contributed by atoms with van der Waals surface area (Å²) < 4.78 is 36.2. The maximum absolute atomic E-state index is 14.4. The number of fused-ring (bicyclic) bond motifs is 1. The summed E-state index contributed by atoms with van der Waals surface area (Å²) in [4.78, 5) is 30.5. The monoisotopic (exact) mass is 428 g/mol. The van der Waals surface area contributed by atoms with Gasteiger partial charge in [-0.25, -0.2) is 9.37 Å². The highest BCUT2D eigenvalue weighted by Gasteiger charge is 2.36. The summed E-state index contributed by atoms with van der Waals surface area (Å²) in [5.74, 6) is 0.0489. The molecule has 2 atom stereocenters. The summed E-state index contributed by atoms with van der Waals surface area (Å²) in [5.41, 5.74) is 1.21. The third-order valence-corrected chi connectivity index (χ3v) is 5.65. The molecule has 1 aliphatic carbocycles. The number of carbonyl (C=O) groups is 2. The van der Waals surface area contributed by atoms with Crippen LogP contribution in [0, 0.1) is 5.82 Å². The molecule has 1 amide bonds. The highest BCUT2D eigenvalue weighted by Crippen LogP contribution is 2.32. The van der Waals surface area contributed by atoms with Gasteiger partial charge in [-0.15, -0.1) is 0 Å². The van der Waals surface area contributed by atoms with E-state index in [0.717, 1.165) is 0 Å². The normalized spacial score (nSPS) is 22.8. The lowest BCUT2D eigenvalue weighted by Gasteiger charge is -2.18. The van der Waals surface area contributed by atoms with E-state index in [9.17, 15) is 14.0 Å². The van der Waals surface area contributed by atoms with Gasteiger partial charge in [-0.05, 0) is 30.2 Å². The van der Waals surface area contributed by atoms with Crippen molar-refractivity contribution in [3.05, 3.63) is 47.4 Å². The lowest BCUT2D eigenvalue weighted by atomic mass is 10.1. The Morgan fingerprint density at radius 1 is 1.23 bits per heavy atom. The van der Waals surface area contributed by atoms with Gasteiger partial charge in [-0.2, -0.15) is 0 Å². The van der Waals surface area contributed by atoms with Gasteiger partial charge in [0.15, 0.2) is 11.9 Å². The van der Waals surface area contributed by atoms with E-state index in [4.69, 9.17) is 18.9 Å². The number of amides is 1. The van der Waals surface area contributed by atoms with Gasteiger partial charge in [0.05, 0.1) is 12.8 Å². The molecule has 5 rings (SSSR count). The molecule has 0 N–H and O–H groups in total. The third-order valence-electron chi connectivity index (χ3n) is 5.65. The molecule has 3 heterocycles. The fourth-order valence-corrected chi connectivity index (χ4v) is 4.01. The van der Waals surface area contributed by atoms with Crippen LogP contribution in [0.15, 0.2) is 30.5 Å². The van der Waals surface area contributed by atoms with Gasteiger partial charge in [-0.3, -0.25) is 9.59 Å². The second kappa shape index (κ2) is 8.24. The number of pyridine rings is 1. The van der Waals surface area contributed by atoms with Gasteiger partial charge in [0, 0.05) is 36.7 Å². The smallest absolute Gasteiger partial charge is 0.268 e. The Balaban J connectivity index is 1.22. The molecule has 2 saturated heterocycles. The zero-order chi connectivity index (χ0) is 21.4. The first kappa shape index (κ1) is 19.9. The fourth-order valence-electron chi connectivity index (χ4n) is 4.01. The van der Waals surface area contributed by atoms with Crippen LogP contribution in [0.25, 0.3) is 0 Å². The predicted octanol–water partition coefficient (Wildman–Crippen LogP) is 2.29. The Kier molecular flexibility index (Phi) is 5.29. The van der Waals surface area contributed by atoms with Crippen molar-refractivity contribution in [2.24, 2.45) is 0 Å². The maximum Gasteiger partial charge on any atom is 0.268 e. The minimum atomic E-state index is -0.704. The first-order chi connectivity index (χ1) is 15.1. The summed E-state index contributed by atoms with van der Waals surface area (Å²) in [5, 5.41) is 0. The molecular weight excluding hydrogens is 407 g/mol. The van der Waals surface area contributed by atoms with E-state index in [-0.39, 0.29) is 24.6 Å². The van der Waals surface area contributed by atoms with Gasteiger partial charge in [0.2, 0.25) is 5.88 Å². The number of nitrogens with zero attached hydrogens (tertiary/aromatic N) is 2. The molecule has 0 spiro atoms. The van der Waals surface area contributed by atoms with Crippen LogP contribution >= 0.6 is 0 Å². The van der Waals surface area contributed by atoms with Crippen LogP contribution < -0.4 is 14.4 Å². The number of carbonyl (C=O) groups excluding carboxylic acids is 2. The van der Waals surface area contributed by atoms with Crippen molar-refractivity contribution in [2.75, 3.05) is 31.5 Å². The number of anilines is 1. The molecule has 9 heteroatoms. The number of halogens is 1. The Labute approximate surface area is 177 Å². The van der Waals surface area contributed by atoms with E-state index in [2.05, 4.69) is 4.98 Å². The predicted molar refractivity (Wildman–Crippen MR) is 106 cm³/mol. The number of benzene rings is 1. The Morgan fingerprint density at radius 3 is 2.90 bits per heavy atom. The molecule has 162 valence electrons.